The molecule has 6 heteroatoms. The average Bonchev–Trinajstić information content (AvgIpc) is 2.47. The van der Waals surface area contributed by atoms with Crippen LogP contribution in [-0.2, 0) is 14.6 Å². The van der Waals surface area contributed by atoms with Crippen LogP contribution in [0.5, 0.6) is 0 Å². The summed E-state index contributed by atoms with van der Waals surface area (Å²) < 4.78 is 42.8. The van der Waals surface area contributed by atoms with Crippen molar-refractivity contribution < 1.29 is 17.5 Å². The van der Waals surface area contributed by atoms with E-state index in [1.165, 1.54) is 12.3 Å². The number of sulfone groups is 1. The van der Waals surface area contributed by atoms with Crippen molar-refractivity contribution in [1.82, 2.24) is 5.32 Å². The van der Waals surface area contributed by atoms with Gasteiger partial charge in [0.05, 0.1) is 5.25 Å². The third-order valence-corrected chi connectivity index (χ3v) is 6.69. The van der Waals surface area contributed by atoms with Gasteiger partial charge < -0.3 is 10.1 Å². The van der Waals surface area contributed by atoms with Crippen LogP contribution in [0.1, 0.15) is 37.3 Å². The number of hydrogen-bond donors (Lipinski definition) is 1. The topological polar surface area (TPSA) is 55.4 Å². The molecular weight excluding hydrogens is 317 g/mol. The lowest BCUT2D eigenvalue weighted by Crippen LogP contribution is -2.50. The van der Waals surface area contributed by atoms with Crippen LogP contribution in [0.3, 0.4) is 0 Å². The molecule has 1 aliphatic heterocycles. The molecule has 1 saturated heterocycles. The fourth-order valence-corrected chi connectivity index (χ4v) is 4.73. The van der Waals surface area contributed by atoms with Crippen molar-refractivity contribution in [1.29, 1.82) is 0 Å². The quantitative estimate of drug-likeness (QED) is 0.894. The minimum atomic E-state index is -2.97. The van der Waals surface area contributed by atoms with Gasteiger partial charge in [-0.05, 0) is 37.7 Å². The molecule has 2 fully saturated rings. The van der Waals surface area contributed by atoms with E-state index in [4.69, 9.17) is 4.74 Å². The van der Waals surface area contributed by atoms with Crippen molar-refractivity contribution in [2.24, 2.45) is 5.92 Å². The van der Waals surface area contributed by atoms with E-state index >= 15 is 0 Å². The van der Waals surface area contributed by atoms with Crippen LogP contribution in [0.4, 0.5) is 4.39 Å². The van der Waals surface area contributed by atoms with Gasteiger partial charge in [-0.2, -0.15) is 0 Å². The minimum absolute atomic E-state index is 0.0781. The van der Waals surface area contributed by atoms with Gasteiger partial charge in [-0.15, -0.1) is 0 Å². The predicted molar refractivity (Wildman–Crippen MR) is 87.5 cm³/mol. The highest BCUT2D eigenvalue weighted by atomic mass is 32.2. The molecule has 0 aromatic heterocycles. The van der Waals surface area contributed by atoms with Gasteiger partial charge in [0.25, 0.3) is 0 Å². The Morgan fingerprint density at radius 1 is 1.22 bits per heavy atom. The van der Waals surface area contributed by atoms with Crippen LogP contribution < -0.4 is 5.32 Å². The first-order valence-corrected chi connectivity index (χ1v) is 10.2. The molecular formula is C17H24FNO3S. The second kappa shape index (κ2) is 6.87. The Morgan fingerprint density at radius 3 is 2.48 bits per heavy atom. The van der Waals surface area contributed by atoms with E-state index < -0.39 is 9.84 Å². The van der Waals surface area contributed by atoms with Gasteiger partial charge in [0, 0.05) is 37.1 Å². The zero-order valence-electron chi connectivity index (χ0n) is 13.4. The van der Waals surface area contributed by atoms with Crippen LogP contribution in [0, 0.1) is 11.7 Å². The number of halogens is 1. The average molecular weight is 341 g/mol. The van der Waals surface area contributed by atoms with Crippen molar-refractivity contribution in [3.63, 3.8) is 0 Å². The van der Waals surface area contributed by atoms with Gasteiger partial charge in [-0.1, -0.05) is 18.2 Å². The normalized spacial score (nSPS) is 27.4. The maximum absolute atomic E-state index is 14.3. The first-order chi connectivity index (χ1) is 10.9. The molecule has 1 aromatic rings. The first kappa shape index (κ1) is 16.9. The van der Waals surface area contributed by atoms with Crippen LogP contribution in [0.15, 0.2) is 24.3 Å². The van der Waals surface area contributed by atoms with Crippen LogP contribution >= 0.6 is 0 Å². The molecule has 23 heavy (non-hydrogen) atoms. The Balaban J connectivity index is 1.73. The summed E-state index contributed by atoms with van der Waals surface area (Å²) in [4.78, 5) is 0. The standard InChI is InChI=1S/C17H24FNO3S/c1-23(20,21)14-10-13(11-14)19-17(12-6-8-22-9-7-12)15-4-2-3-5-16(15)18/h2-5,12-14,17,19H,6-11H2,1H3. The third-order valence-electron chi connectivity index (χ3n) is 5.09. The number of nitrogens with one attached hydrogen (secondary N) is 1. The number of hydrogen-bond acceptors (Lipinski definition) is 4. The van der Waals surface area contributed by atoms with Crippen molar-refractivity contribution >= 4 is 9.84 Å². The van der Waals surface area contributed by atoms with Crippen molar-refractivity contribution in [3.05, 3.63) is 35.6 Å². The SMILES string of the molecule is CS(=O)(=O)C1CC(NC(c2ccccc2F)C2CCOCC2)C1. The smallest absolute Gasteiger partial charge is 0.150 e. The van der Waals surface area contributed by atoms with E-state index in [0.717, 1.165) is 12.8 Å². The van der Waals surface area contributed by atoms with E-state index in [2.05, 4.69) is 5.32 Å². The Bertz CT molecular complexity index is 637. The van der Waals surface area contributed by atoms with E-state index in [0.29, 0.717) is 37.5 Å². The molecule has 0 bridgehead atoms. The van der Waals surface area contributed by atoms with Crippen molar-refractivity contribution in [2.75, 3.05) is 19.5 Å². The molecule has 0 spiro atoms. The maximum atomic E-state index is 14.3. The van der Waals surface area contributed by atoms with E-state index in [9.17, 15) is 12.8 Å². The molecule has 1 aromatic carbocycles. The lowest BCUT2D eigenvalue weighted by Gasteiger charge is -2.40. The fraction of sp³-hybridized carbons (Fsp3) is 0.647. The first-order valence-electron chi connectivity index (χ1n) is 8.22. The zero-order valence-corrected chi connectivity index (χ0v) is 14.2. The summed E-state index contributed by atoms with van der Waals surface area (Å²) in [5.41, 5.74) is 0.683. The molecule has 2 aliphatic rings. The Kier molecular flexibility index (Phi) is 5.04. The van der Waals surface area contributed by atoms with Gasteiger partial charge in [0.2, 0.25) is 0 Å². The molecule has 4 nitrogen and oxygen atoms in total. The van der Waals surface area contributed by atoms with Gasteiger partial charge in [0.15, 0.2) is 0 Å². The summed E-state index contributed by atoms with van der Waals surface area (Å²) in [5.74, 6) is 0.119. The van der Waals surface area contributed by atoms with Crippen molar-refractivity contribution in [3.8, 4) is 0 Å². The zero-order chi connectivity index (χ0) is 16.4. The Labute approximate surface area is 137 Å². The molecule has 1 heterocycles. The molecule has 1 saturated carbocycles. The Morgan fingerprint density at radius 2 is 1.87 bits per heavy atom. The fourth-order valence-electron chi connectivity index (χ4n) is 3.56. The highest BCUT2D eigenvalue weighted by molar-refractivity contribution is 7.91. The summed E-state index contributed by atoms with van der Waals surface area (Å²) in [6.07, 6.45) is 4.32. The summed E-state index contributed by atoms with van der Waals surface area (Å²) >= 11 is 0. The molecule has 1 aliphatic carbocycles. The highest BCUT2D eigenvalue weighted by Gasteiger charge is 2.39. The van der Waals surface area contributed by atoms with E-state index in [1.807, 2.05) is 12.1 Å². The summed E-state index contributed by atoms with van der Waals surface area (Å²) in [6, 6.07) is 6.93. The second-order valence-electron chi connectivity index (χ2n) is 6.74. The predicted octanol–water partition coefficient (Wildman–Crippen LogP) is 2.46. The molecule has 1 unspecified atom stereocenters. The van der Waals surface area contributed by atoms with Crippen LogP contribution in [-0.4, -0.2) is 39.2 Å². The van der Waals surface area contributed by atoms with Gasteiger partial charge in [0.1, 0.15) is 15.7 Å². The summed E-state index contributed by atoms with van der Waals surface area (Å²) in [6.45, 7) is 1.40. The summed E-state index contributed by atoms with van der Waals surface area (Å²) in [7, 11) is -2.97. The molecule has 3 rings (SSSR count). The molecule has 128 valence electrons. The van der Waals surface area contributed by atoms with Gasteiger partial charge in [-0.3, -0.25) is 0 Å². The highest BCUT2D eigenvalue weighted by Crippen LogP contribution is 2.35. The molecule has 1 atom stereocenters. The van der Waals surface area contributed by atoms with Crippen LogP contribution in [0.25, 0.3) is 0 Å². The number of benzene rings is 1. The lowest BCUT2D eigenvalue weighted by atomic mass is 9.83. The molecule has 0 radical (unpaired) electrons. The monoisotopic (exact) mass is 341 g/mol. The van der Waals surface area contributed by atoms with Gasteiger partial charge in [-0.25, -0.2) is 12.8 Å². The maximum Gasteiger partial charge on any atom is 0.150 e. The van der Waals surface area contributed by atoms with E-state index in [-0.39, 0.29) is 23.2 Å². The number of rotatable bonds is 5. The number of ether oxygens (including phenoxy) is 1. The lowest BCUT2D eigenvalue weighted by molar-refractivity contribution is 0.0494. The minimum Gasteiger partial charge on any atom is -0.381 e. The van der Waals surface area contributed by atoms with Crippen molar-refractivity contribution in [2.45, 2.75) is 43.0 Å². The van der Waals surface area contributed by atoms with Crippen LogP contribution in [0.2, 0.25) is 0 Å². The second-order valence-corrected chi connectivity index (χ2v) is 9.06. The largest absolute Gasteiger partial charge is 0.381 e. The summed E-state index contributed by atoms with van der Waals surface area (Å²) in [5, 5.41) is 3.27. The molecule has 1 N–H and O–H groups in total. The Hall–Kier alpha value is -0.980. The van der Waals surface area contributed by atoms with E-state index in [1.54, 1.807) is 6.07 Å². The van der Waals surface area contributed by atoms with Gasteiger partial charge >= 0.3 is 0 Å². The third kappa shape index (κ3) is 3.92. The molecule has 0 amide bonds.